The fourth-order valence-electron chi connectivity index (χ4n) is 1.32. The normalized spacial score (nSPS) is 11.0. The summed E-state index contributed by atoms with van der Waals surface area (Å²) >= 11 is 5.79. The Balaban J connectivity index is 2.98. The van der Waals surface area contributed by atoms with Crippen LogP contribution in [0, 0.1) is 0 Å². The van der Waals surface area contributed by atoms with E-state index in [-0.39, 0.29) is 21.4 Å². The van der Waals surface area contributed by atoms with Crippen LogP contribution in [0.2, 0.25) is 5.02 Å². The molecule has 0 aliphatic carbocycles. The van der Waals surface area contributed by atoms with Crippen LogP contribution in [0.25, 0.3) is 0 Å². The van der Waals surface area contributed by atoms with E-state index in [9.17, 15) is 13.2 Å². The molecule has 1 aromatic rings. The zero-order chi connectivity index (χ0) is 13.8. The van der Waals surface area contributed by atoms with Crippen LogP contribution in [0.15, 0.2) is 35.7 Å². The molecule has 4 nitrogen and oxygen atoms in total. The van der Waals surface area contributed by atoms with Crippen molar-refractivity contribution in [3.63, 3.8) is 0 Å². The second-order valence-corrected chi connectivity index (χ2v) is 6.14. The molecule has 1 rings (SSSR count). The van der Waals surface area contributed by atoms with E-state index in [0.29, 0.717) is 13.0 Å². The van der Waals surface area contributed by atoms with Gasteiger partial charge in [0.05, 0.1) is 9.92 Å². The summed E-state index contributed by atoms with van der Waals surface area (Å²) in [5.41, 5.74) is 0.267. The Hall–Kier alpha value is -1.33. The highest BCUT2D eigenvalue weighted by Crippen LogP contribution is 2.22. The Bertz CT molecular complexity index is 567. The number of sulfone groups is 1. The summed E-state index contributed by atoms with van der Waals surface area (Å²) in [5, 5.41) is 2.76. The van der Waals surface area contributed by atoms with Crippen LogP contribution in [-0.4, -0.2) is 27.1 Å². The first kappa shape index (κ1) is 14.7. The summed E-state index contributed by atoms with van der Waals surface area (Å²) in [5.74, 6) is -0.335. The van der Waals surface area contributed by atoms with E-state index in [1.54, 1.807) is 6.08 Å². The maximum atomic E-state index is 11.7. The average Bonchev–Trinajstić information content (AvgIpc) is 2.28. The number of halogens is 1. The minimum absolute atomic E-state index is 0.0412. The molecule has 0 aromatic heterocycles. The molecule has 98 valence electrons. The van der Waals surface area contributed by atoms with Crippen molar-refractivity contribution in [1.29, 1.82) is 0 Å². The van der Waals surface area contributed by atoms with Crippen molar-refractivity contribution in [1.82, 2.24) is 5.32 Å². The van der Waals surface area contributed by atoms with Crippen molar-refractivity contribution in [2.75, 3.05) is 12.8 Å². The molecule has 0 saturated carbocycles. The monoisotopic (exact) mass is 287 g/mol. The first-order chi connectivity index (χ1) is 8.36. The molecule has 6 heteroatoms. The van der Waals surface area contributed by atoms with Gasteiger partial charge in [0.2, 0.25) is 0 Å². The number of rotatable bonds is 5. The molecule has 1 aromatic carbocycles. The summed E-state index contributed by atoms with van der Waals surface area (Å²) in [6.45, 7) is 4.00. The second kappa shape index (κ2) is 6.02. The number of carbonyl (C=O) groups is 1. The van der Waals surface area contributed by atoms with Crippen molar-refractivity contribution in [2.45, 2.75) is 11.3 Å². The van der Waals surface area contributed by atoms with Crippen molar-refractivity contribution in [2.24, 2.45) is 0 Å². The number of hydrogen-bond acceptors (Lipinski definition) is 3. The fourth-order valence-corrected chi connectivity index (χ4v) is 2.62. The average molecular weight is 288 g/mol. The molecule has 1 N–H and O–H groups in total. The minimum Gasteiger partial charge on any atom is -0.352 e. The Morgan fingerprint density at radius 1 is 1.50 bits per heavy atom. The highest BCUT2D eigenvalue weighted by Gasteiger charge is 2.15. The molecule has 0 radical (unpaired) electrons. The van der Waals surface area contributed by atoms with Gasteiger partial charge in [-0.3, -0.25) is 4.79 Å². The second-order valence-electron chi connectivity index (χ2n) is 3.75. The third-order valence-corrected chi connectivity index (χ3v) is 3.81. The standard InChI is InChI=1S/C12H14ClNO3S/c1-3-4-7-14-12(15)9-5-6-10(13)11(8-9)18(2,16)17/h3,5-6,8H,1,4,7H2,2H3,(H,14,15). The van der Waals surface area contributed by atoms with E-state index in [1.165, 1.54) is 18.2 Å². The minimum atomic E-state index is -3.44. The van der Waals surface area contributed by atoms with Gasteiger partial charge >= 0.3 is 0 Å². The molecule has 18 heavy (non-hydrogen) atoms. The predicted molar refractivity (Wildman–Crippen MR) is 71.7 cm³/mol. The van der Waals surface area contributed by atoms with E-state index in [0.717, 1.165) is 6.26 Å². The van der Waals surface area contributed by atoms with E-state index >= 15 is 0 Å². The van der Waals surface area contributed by atoms with Gasteiger partial charge in [-0.05, 0) is 24.6 Å². The van der Waals surface area contributed by atoms with Gasteiger partial charge in [-0.15, -0.1) is 6.58 Å². The lowest BCUT2D eigenvalue weighted by Gasteiger charge is -2.06. The third kappa shape index (κ3) is 3.85. The maximum Gasteiger partial charge on any atom is 0.251 e. The summed E-state index contributed by atoms with van der Waals surface area (Å²) in [6.07, 6.45) is 3.38. The van der Waals surface area contributed by atoms with E-state index in [1.807, 2.05) is 0 Å². The quantitative estimate of drug-likeness (QED) is 0.666. The van der Waals surface area contributed by atoms with Crippen LogP contribution in [0.3, 0.4) is 0 Å². The topological polar surface area (TPSA) is 63.2 Å². The van der Waals surface area contributed by atoms with E-state index in [4.69, 9.17) is 11.6 Å². The molecule has 0 atom stereocenters. The first-order valence-corrected chi connectivity index (χ1v) is 7.52. The Morgan fingerprint density at radius 3 is 2.72 bits per heavy atom. The first-order valence-electron chi connectivity index (χ1n) is 5.25. The van der Waals surface area contributed by atoms with Gasteiger partial charge in [0, 0.05) is 18.4 Å². The van der Waals surface area contributed by atoms with Crippen LogP contribution < -0.4 is 5.32 Å². The molecule has 0 aliphatic rings. The van der Waals surface area contributed by atoms with Crippen molar-refractivity contribution < 1.29 is 13.2 Å². The number of carbonyl (C=O) groups excluding carboxylic acids is 1. The van der Waals surface area contributed by atoms with Gasteiger partial charge < -0.3 is 5.32 Å². The smallest absolute Gasteiger partial charge is 0.251 e. The Kier molecular flexibility index (Phi) is 4.93. The summed E-state index contributed by atoms with van der Waals surface area (Å²) in [6, 6.07) is 4.17. The van der Waals surface area contributed by atoms with Crippen LogP contribution in [0.1, 0.15) is 16.8 Å². The summed E-state index contributed by atoms with van der Waals surface area (Å²) in [4.78, 5) is 11.7. The fraction of sp³-hybridized carbons (Fsp3) is 0.250. The molecule has 0 heterocycles. The van der Waals surface area contributed by atoms with Crippen molar-refractivity contribution in [3.05, 3.63) is 41.4 Å². The van der Waals surface area contributed by atoms with Crippen LogP contribution in [0.5, 0.6) is 0 Å². The SMILES string of the molecule is C=CCCNC(=O)c1ccc(Cl)c(S(C)(=O)=O)c1. The predicted octanol–water partition coefficient (Wildman–Crippen LogP) is 2.05. The van der Waals surface area contributed by atoms with E-state index in [2.05, 4.69) is 11.9 Å². The van der Waals surface area contributed by atoms with Crippen LogP contribution >= 0.6 is 11.6 Å². The van der Waals surface area contributed by atoms with Gasteiger partial charge in [0.1, 0.15) is 0 Å². The summed E-state index contributed by atoms with van der Waals surface area (Å²) in [7, 11) is -3.44. The molecular weight excluding hydrogens is 274 g/mol. The largest absolute Gasteiger partial charge is 0.352 e. The van der Waals surface area contributed by atoms with Crippen LogP contribution in [-0.2, 0) is 9.84 Å². The number of hydrogen-bond donors (Lipinski definition) is 1. The lowest BCUT2D eigenvalue weighted by atomic mass is 10.2. The van der Waals surface area contributed by atoms with Crippen molar-refractivity contribution in [3.8, 4) is 0 Å². The Labute approximate surface area is 112 Å². The van der Waals surface area contributed by atoms with Gasteiger partial charge in [-0.2, -0.15) is 0 Å². The zero-order valence-corrected chi connectivity index (χ0v) is 11.5. The van der Waals surface area contributed by atoms with Crippen molar-refractivity contribution >= 4 is 27.3 Å². The zero-order valence-electron chi connectivity index (χ0n) is 9.94. The molecule has 0 saturated heterocycles. The van der Waals surface area contributed by atoms with E-state index < -0.39 is 9.84 Å². The molecule has 0 spiro atoms. The summed E-state index contributed by atoms with van der Waals surface area (Å²) < 4.78 is 22.9. The lowest BCUT2D eigenvalue weighted by molar-refractivity contribution is 0.0954. The van der Waals surface area contributed by atoms with Crippen LogP contribution in [0.4, 0.5) is 0 Å². The van der Waals surface area contributed by atoms with Gasteiger partial charge in [-0.1, -0.05) is 17.7 Å². The van der Waals surface area contributed by atoms with Gasteiger partial charge in [-0.25, -0.2) is 8.42 Å². The highest BCUT2D eigenvalue weighted by atomic mass is 35.5. The maximum absolute atomic E-state index is 11.7. The number of nitrogens with one attached hydrogen (secondary N) is 1. The van der Waals surface area contributed by atoms with Gasteiger partial charge in [0.15, 0.2) is 9.84 Å². The Morgan fingerprint density at radius 2 is 2.17 bits per heavy atom. The molecule has 0 fully saturated rings. The molecule has 0 bridgehead atoms. The molecule has 0 unspecified atom stereocenters. The molecule has 0 aliphatic heterocycles. The lowest BCUT2D eigenvalue weighted by Crippen LogP contribution is -2.24. The number of benzene rings is 1. The molecular formula is C12H14ClNO3S. The third-order valence-electron chi connectivity index (χ3n) is 2.23. The molecule has 1 amide bonds. The number of amides is 1. The van der Waals surface area contributed by atoms with Gasteiger partial charge in [0.25, 0.3) is 5.91 Å². The highest BCUT2D eigenvalue weighted by molar-refractivity contribution is 7.90.